The largest absolute Gasteiger partial charge is 0.462 e. The maximum Gasteiger partial charge on any atom is 0.236 e. The van der Waals surface area contributed by atoms with Crippen molar-refractivity contribution in [3.05, 3.63) is 23.7 Å². The summed E-state index contributed by atoms with van der Waals surface area (Å²) in [6.07, 6.45) is 4.58. The molecular formula is C9H9BrClN2O2. The van der Waals surface area contributed by atoms with E-state index in [1.165, 1.54) is 12.5 Å². The Bertz CT molecular complexity index is 340. The molecule has 0 aliphatic carbocycles. The molecule has 6 heteroatoms. The van der Waals surface area contributed by atoms with Crippen LogP contribution in [-0.4, -0.2) is 28.0 Å². The van der Waals surface area contributed by atoms with Gasteiger partial charge in [0.25, 0.3) is 0 Å². The Labute approximate surface area is 101 Å². The van der Waals surface area contributed by atoms with Crippen molar-refractivity contribution in [1.82, 2.24) is 9.97 Å². The molecule has 0 N–H and O–H groups in total. The molecule has 0 amide bonds. The molecule has 1 aliphatic rings. The van der Waals surface area contributed by atoms with Gasteiger partial charge in [-0.25, -0.2) is 9.97 Å². The summed E-state index contributed by atoms with van der Waals surface area (Å²) in [5.41, 5.74) is 0. The summed E-state index contributed by atoms with van der Waals surface area (Å²) in [5.74, 6) is 0.372. The zero-order chi connectivity index (χ0) is 10.7. The van der Waals surface area contributed by atoms with Gasteiger partial charge in [-0.05, 0) is 6.42 Å². The first-order valence-corrected chi connectivity index (χ1v) is 5.77. The zero-order valence-electron chi connectivity index (χ0n) is 7.82. The van der Waals surface area contributed by atoms with Gasteiger partial charge in [-0.2, -0.15) is 0 Å². The molecule has 0 spiro atoms. The number of hydrogen-bond acceptors (Lipinski definition) is 4. The molecule has 1 aromatic heterocycles. The Hall–Kier alpha value is -0.390. The maximum absolute atomic E-state index is 5.87. The number of aromatic nitrogens is 2. The van der Waals surface area contributed by atoms with Crippen molar-refractivity contribution in [3.8, 4) is 5.88 Å². The molecule has 81 valence electrons. The smallest absolute Gasteiger partial charge is 0.236 e. The second kappa shape index (κ2) is 5.09. The van der Waals surface area contributed by atoms with Crippen LogP contribution in [0, 0.1) is 6.10 Å². The molecule has 1 radical (unpaired) electrons. The van der Waals surface area contributed by atoms with E-state index in [9.17, 15) is 0 Å². The van der Waals surface area contributed by atoms with Gasteiger partial charge in [0.15, 0.2) is 6.10 Å². The second-order valence-electron chi connectivity index (χ2n) is 3.05. The third kappa shape index (κ3) is 2.80. The molecule has 0 bridgehead atoms. The van der Waals surface area contributed by atoms with Crippen LogP contribution in [0.3, 0.4) is 0 Å². The quantitative estimate of drug-likeness (QED) is 0.784. The first-order chi connectivity index (χ1) is 7.27. The van der Waals surface area contributed by atoms with Gasteiger partial charge < -0.3 is 9.47 Å². The molecule has 4 nitrogen and oxygen atoms in total. The molecule has 1 atom stereocenters. The summed E-state index contributed by atoms with van der Waals surface area (Å²) in [6.45, 7) is 1.20. The number of alkyl halides is 1. The highest BCUT2D eigenvalue weighted by atomic mass is 79.9. The maximum atomic E-state index is 5.87. The van der Waals surface area contributed by atoms with Crippen molar-refractivity contribution in [2.45, 2.75) is 11.2 Å². The molecule has 15 heavy (non-hydrogen) atoms. The van der Waals surface area contributed by atoms with E-state index in [2.05, 4.69) is 25.9 Å². The Balaban J connectivity index is 2.04. The van der Waals surface area contributed by atoms with Gasteiger partial charge in [0.05, 0.1) is 17.6 Å². The minimum Gasteiger partial charge on any atom is -0.462 e. The van der Waals surface area contributed by atoms with E-state index >= 15 is 0 Å². The zero-order valence-corrected chi connectivity index (χ0v) is 10.2. The van der Waals surface area contributed by atoms with E-state index in [0.717, 1.165) is 19.1 Å². The lowest BCUT2D eigenvalue weighted by Crippen LogP contribution is -2.30. The van der Waals surface area contributed by atoms with E-state index in [1.54, 1.807) is 0 Å². The van der Waals surface area contributed by atoms with Crippen LogP contribution in [-0.2, 0) is 4.74 Å². The van der Waals surface area contributed by atoms with Crippen LogP contribution >= 0.6 is 27.5 Å². The molecule has 0 saturated carbocycles. The lowest BCUT2D eigenvalue weighted by atomic mass is 10.2. The standard InChI is InChI=1S/C9H9BrClN2O2/c10-6-1-2-14-4-8(6)15-9-7(11)3-12-5-13-9/h3,5-6H,1-2,4H2. The summed E-state index contributed by atoms with van der Waals surface area (Å²) >= 11 is 9.38. The topological polar surface area (TPSA) is 44.2 Å². The van der Waals surface area contributed by atoms with E-state index in [4.69, 9.17) is 21.1 Å². The van der Waals surface area contributed by atoms with Gasteiger partial charge in [-0.15, -0.1) is 0 Å². The second-order valence-corrected chi connectivity index (χ2v) is 4.57. The molecule has 0 aromatic carbocycles. The van der Waals surface area contributed by atoms with Crippen LogP contribution in [0.5, 0.6) is 5.88 Å². The van der Waals surface area contributed by atoms with Gasteiger partial charge in [0, 0.05) is 6.61 Å². The average molecular weight is 293 g/mol. The minimum atomic E-state index is 0.192. The normalized spacial score (nSPS) is 22.7. The predicted octanol–water partition coefficient (Wildman–Crippen LogP) is 2.22. The van der Waals surface area contributed by atoms with Gasteiger partial charge in [0.2, 0.25) is 5.88 Å². The third-order valence-electron chi connectivity index (χ3n) is 1.97. The number of nitrogens with zero attached hydrogens (tertiary/aromatic N) is 2. The summed E-state index contributed by atoms with van der Waals surface area (Å²) in [6, 6.07) is 0. The molecule has 1 aromatic rings. The average Bonchev–Trinajstić information content (AvgIpc) is 2.24. The van der Waals surface area contributed by atoms with Crippen molar-refractivity contribution in [2.75, 3.05) is 13.2 Å². The van der Waals surface area contributed by atoms with E-state index in [-0.39, 0.29) is 4.83 Å². The molecular weight excluding hydrogens is 283 g/mol. The Morgan fingerprint density at radius 3 is 3.20 bits per heavy atom. The fourth-order valence-corrected chi connectivity index (χ4v) is 1.76. The lowest BCUT2D eigenvalue weighted by molar-refractivity contribution is 0.0651. The number of ether oxygens (including phenoxy) is 2. The SMILES string of the molecule is Clc1cncnc1O[C]1COCCC1Br. The van der Waals surface area contributed by atoms with E-state index in [1.807, 2.05) is 0 Å². The van der Waals surface area contributed by atoms with Crippen LogP contribution in [0.4, 0.5) is 0 Å². The fourth-order valence-electron chi connectivity index (χ4n) is 1.21. The fraction of sp³-hybridized carbons (Fsp3) is 0.444. The van der Waals surface area contributed by atoms with Gasteiger partial charge >= 0.3 is 0 Å². The highest BCUT2D eigenvalue weighted by Gasteiger charge is 2.27. The number of rotatable bonds is 2. The molecule has 1 saturated heterocycles. The lowest BCUT2D eigenvalue weighted by Gasteiger charge is -2.26. The van der Waals surface area contributed by atoms with Crippen molar-refractivity contribution < 1.29 is 9.47 Å². The third-order valence-corrected chi connectivity index (χ3v) is 3.20. The van der Waals surface area contributed by atoms with E-state index < -0.39 is 0 Å². The first-order valence-electron chi connectivity index (χ1n) is 4.48. The summed E-state index contributed by atoms with van der Waals surface area (Å²) in [7, 11) is 0. The first kappa shape index (κ1) is 11.1. The summed E-state index contributed by atoms with van der Waals surface area (Å²) in [4.78, 5) is 7.92. The predicted molar refractivity (Wildman–Crippen MR) is 59.1 cm³/mol. The molecule has 1 aliphatic heterocycles. The summed E-state index contributed by atoms with van der Waals surface area (Å²) < 4.78 is 10.8. The highest BCUT2D eigenvalue weighted by Crippen LogP contribution is 2.29. The van der Waals surface area contributed by atoms with Crippen molar-refractivity contribution in [1.29, 1.82) is 0 Å². The molecule has 2 heterocycles. The Morgan fingerprint density at radius 1 is 1.60 bits per heavy atom. The van der Waals surface area contributed by atoms with Crippen molar-refractivity contribution in [2.24, 2.45) is 0 Å². The minimum absolute atomic E-state index is 0.192. The van der Waals surface area contributed by atoms with Gasteiger partial charge in [0.1, 0.15) is 11.3 Å². The molecule has 1 fully saturated rings. The van der Waals surface area contributed by atoms with Crippen LogP contribution < -0.4 is 4.74 Å². The molecule has 1 unspecified atom stereocenters. The van der Waals surface area contributed by atoms with Crippen LogP contribution in [0.2, 0.25) is 5.02 Å². The van der Waals surface area contributed by atoms with Gasteiger partial charge in [-0.3, -0.25) is 0 Å². The van der Waals surface area contributed by atoms with Gasteiger partial charge in [-0.1, -0.05) is 27.5 Å². The highest BCUT2D eigenvalue weighted by molar-refractivity contribution is 9.09. The Morgan fingerprint density at radius 2 is 2.47 bits per heavy atom. The van der Waals surface area contributed by atoms with Crippen LogP contribution in [0.25, 0.3) is 0 Å². The van der Waals surface area contributed by atoms with Crippen LogP contribution in [0.15, 0.2) is 12.5 Å². The van der Waals surface area contributed by atoms with Crippen molar-refractivity contribution >= 4 is 27.5 Å². The molecule has 2 rings (SSSR count). The number of hydrogen-bond donors (Lipinski definition) is 0. The Kier molecular flexibility index (Phi) is 3.77. The van der Waals surface area contributed by atoms with Crippen molar-refractivity contribution in [3.63, 3.8) is 0 Å². The summed E-state index contributed by atoms with van der Waals surface area (Å²) in [5, 5.41) is 0.398. The van der Waals surface area contributed by atoms with E-state index in [0.29, 0.717) is 17.5 Å². The van der Waals surface area contributed by atoms with Crippen LogP contribution in [0.1, 0.15) is 6.42 Å². The monoisotopic (exact) mass is 291 g/mol. The number of halogens is 2.